The maximum atomic E-state index is 12.0. The first-order valence-electron chi connectivity index (χ1n) is 7.42. The molecule has 0 bridgehead atoms. The fourth-order valence-corrected chi connectivity index (χ4v) is 2.21. The highest BCUT2D eigenvalue weighted by Crippen LogP contribution is 2.18. The number of ether oxygens (including phenoxy) is 1. The average molecular weight is 299 g/mol. The summed E-state index contributed by atoms with van der Waals surface area (Å²) in [6, 6.07) is 19.1. The fraction of sp³-hybridized carbons (Fsp3) is 0.278. The van der Waals surface area contributed by atoms with E-state index in [1.165, 1.54) is 0 Å². The maximum absolute atomic E-state index is 12.0. The number of carbonyl (C=O) groups excluding carboxylic acids is 1. The molecular formula is C18H21NO3. The summed E-state index contributed by atoms with van der Waals surface area (Å²) < 4.78 is 5.25. The number of aliphatic hydroxyl groups excluding tert-OH is 1. The number of hydrogen-bond donors (Lipinski definition) is 2. The molecule has 2 rings (SSSR count). The van der Waals surface area contributed by atoms with Gasteiger partial charge in [-0.3, -0.25) is 0 Å². The van der Waals surface area contributed by atoms with Crippen LogP contribution in [0, 0.1) is 0 Å². The van der Waals surface area contributed by atoms with Crippen molar-refractivity contribution >= 4 is 6.09 Å². The number of amides is 1. The summed E-state index contributed by atoms with van der Waals surface area (Å²) >= 11 is 0. The number of aliphatic hydroxyl groups is 1. The molecule has 0 saturated carbocycles. The van der Waals surface area contributed by atoms with E-state index in [1.807, 2.05) is 60.7 Å². The topological polar surface area (TPSA) is 58.6 Å². The van der Waals surface area contributed by atoms with Crippen LogP contribution in [-0.2, 0) is 11.3 Å². The lowest BCUT2D eigenvalue weighted by Crippen LogP contribution is -2.29. The summed E-state index contributed by atoms with van der Waals surface area (Å²) in [6.45, 7) is 0.345. The Hall–Kier alpha value is -2.33. The molecule has 2 N–H and O–H groups in total. The molecule has 1 amide bonds. The second-order valence-corrected chi connectivity index (χ2v) is 5.04. The summed E-state index contributed by atoms with van der Waals surface area (Å²) in [5, 5.41) is 11.9. The van der Waals surface area contributed by atoms with Crippen LogP contribution in [0.2, 0.25) is 0 Å². The van der Waals surface area contributed by atoms with Crippen molar-refractivity contribution in [3.05, 3.63) is 71.8 Å². The largest absolute Gasteiger partial charge is 0.445 e. The van der Waals surface area contributed by atoms with E-state index in [0.717, 1.165) is 11.1 Å². The van der Waals surface area contributed by atoms with Gasteiger partial charge in [0.2, 0.25) is 0 Å². The van der Waals surface area contributed by atoms with Crippen LogP contribution in [0.3, 0.4) is 0 Å². The van der Waals surface area contributed by atoms with Crippen LogP contribution in [0.5, 0.6) is 0 Å². The number of benzene rings is 2. The molecule has 0 spiro atoms. The first-order chi connectivity index (χ1) is 10.8. The lowest BCUT2D eigenvalue weighted by Gasteiger charge is -2.18. The second-order valence-electron chi connectivity index (χ2n) is 5.04. The normalized spacial score (nSPS) is 11.7. The quantitative estimate of drug-likeness (QED) is 0.823. The maximum Gasteiger partial charge on any atom is 0.407 e. The molecule has 1 atom stereocenters. The second kappa shape index (κ2) is 8.85. The van der Waals surface area contributed by atoms with Crippen LogP contribution in [0.25, 0.3) is 0 Å². The Morgan fingerprint density at radius 3 is 2.32 bits per heavy atom. The highest BCUT2D eigenvalue weighted by molar-refractivity contribution is 5.67. The molecule has 0 saturated heterocycles. The van der Waals surface area contributed by atoms with Crippen LogP contribution < -0.4 is 5.32 Å². The van der Waals surface area contributed by atoms with Crippen molar-refractivity contribution in [1.82, 2.24) is 5.32 Å². The van der Waals surface area contributed by atoms with E-state index in [2.05, 4.69) is 5.32 Å². The Balaban J connectivity index is 1.90. The minimum absolute atomic E-state index is 0.101. The summed E-state index contributed by atoms with van der Waals surface area (Å²) in [5.74, 6) is 0. The molecule has 0 aliphatic carbocycles. The van der Waals surface area contributed by atoms with Gasteiger partial charge in [-0.25, -0.2) is 4.79 Å². The van der Waals surface area contributed by atoms with Gasteiger partial charge in [0, 0.05) is 6.61 Å². The molecule has 0 aliphatic heterocycles. The molecule has 0 aliphatic rings. The van der Waals surface area contributed by atoms with Gasteiger partial charge in [0.1, 0.15) is 6.61 Å². The van der Waals surface area contributed by atoms with Crippen molar-refractivity contribution in [2.75, 3.05) is 6.61 Å². The van der Waals surface area contributed by atoms with Crippen molar-refractivity contribution in [1.29, 1.82) is 0 Å². The first-order valence-corrected chi connectivity index (χ1v) is 7.42. The molecule has 2 aromatic rings. The number of carbonyl (C=O) groups is 1. The lowest BCUT2D eigenvalue weighted by atomic mass is 10.0. The molecule has 0 radical (unpaired) electrons. The number of hydrogen-bond acceptors (Lipinski definition) is 3. The van der Waals surface area contributed by atoms with E-state index in [0.29, 0.717) is 12.8 Å². The Labute approximate surface area is 130 Å². The van der Waals surface area contributed by atoms with Gasteiger partial charge < -0.3 is 15.2 Å². The Bertz CT molecular complexity index is 557. The molecular weight excluding hydrogens is 278 g/mol. The molecule has 22 heavy (non-hydrogen) atoms. The van der Waals surface area contributed by atoms with Crippen molar-refractivity contribution in [2.45, 2.75) is 25.5 Å². The van der Waals surface area contributed by atoms with Crippen LogP contribution >= 0.6 is 0 Å². The zero-order valence-electron chi connectivity index (χ0n) is 12.4. The van der Waals surface area contributed by atoms with Crippen LogP contribution in [0.1, 0.15) is 30.0 Å². The molecule has 0 aromatic heterocycles. The monoisotopic (exact) mass is 299 g/mol. The van der Waals surface area contributed by atoms with E-state index in [4.69, 9.17) is 9.84 Å². The van der Waals surface area contributed by atoms with Crippen molar-refractivity contribution in [3.63, 3.8) is 0 Å². The van der Waals surface area contributed by atoms with Crippen molar-refractivity contribution < 1.29 is 14.6 Å². The van der Waals surface area contributed by atoms with E-state index in [1.54, 1.807) is 0 Å². The van der Waals surface area contributed by atoms with Gasteiger partial charge in [0.15, 0.2) is 0 Å². The molecule has 0 fully saturated rings. The van der Waals surface area contributed by atoms with E-state index in [-0.39, 0.29) is 19.3 Å². The molecule has 1 unspecified atom stereocenters. The smallest absolute Gasteiger partial charge is 0.407 e. The third kappa shape index (κ3) is 5.22. The Morgan fingerprint density at radius 2 is 1.68 bits per heavy atom. The van der Waals surface area contributed by atoms with Gasteiger partial charge >= 0.3 is 6.09 Å². The summed E-state index contributed by atoms with van der Waals surface area (Å²) in [5.41, 5.74) is 1.96. The number of nitrogens with one attached hydrogen (secondary N) is 1. The van der Waals surface area contributed by atoms with E-state index < -0.39 is 6.09 Å². The Morgan fingerprint density at radius 1 is 1.05 bits per heavy atom. The van der Waals surface area contributed by atoms with Gasteiger partial charge in [0.05, 0.1) is 6.04 Å². The van der Waals surface area contributed by atoms with E-state index >= 15 is 0 Å². The van der Waals surface area contributed by atoms with Crippen molar-refractivity contribution in [3.8, 4) is 0 Å². The van der Waals surface area contributed by atoms with Gasteiger partial charge in [-0.15, -0.1) is 0 Å². The first kappa shape index (κ1) is 16.0. The molecule has 2 aromatic carbocycles. The molecule has 116 valence electrons. The minimum atomic E-state index is -0.448. The van der Waals surface area contributed by atoms with Gasteiger partial charge in [-0.2, -0.15) is 0 Å². The molecule has 4 nitrogen and oxygen atoms in total. The highest BCUT2D eigenvalue weighted by Gasteiger charge is 2.14. The highest BCUT2D eigenvalue weighted by atomic mass is 16.5. The number of alkyl carbamates (subject to hydrolysis) is 1. The zero-order valence-corrected chi connectivity index (χ0v) is 12.4. The van der Waals surface area contributed by atoms with Crippen LogP contribution in [0.4, 0.5) is 4.79 Å². The zero-order chi connectivity index (χ0) is 15.6. The van der Waals surface area contributed by atoms with E-state index in [9.17, 15) is 4.79 Å². The summed E-state index contributed by atoms with van der Waals surface area (Å²) in [6.07, 6.45) is 0.843. The minimum Gasteiger partial charge on any atom is -0.445 e. The van der Waals surface area contributed by atoms with Crippen LogP contribution in [0.15, 0.2) is 60.7 Å². The number of rotatable bonds is 7. The van der Waals surface area contributed by atoms with Gasteiger partial charge in [0.25, 0.3) is 0 Å². The lowest BCUT2D eigenvalue weighted by molar-refractivity contribution is 0.134. The predicted molar refractivity (Wildman–Crippen MR) is 85.3 cm³/mol. The third-order valence-corrected chi connectivity index (χ3v) is 3.36. The summed E-state index contributed by atoms with van der Waals surface area (Å²) in [7, 11) is 0. The predicted octanol–water partition coefficient (Wildman–Crippen LogP) is 3.43. The van der Waals surface area contributed by atoms with Gasteiger partial charge in [-0.05, 0) is 24.0 Å². The standard InChI is InChI=1S/C18H21NO3/c20-13-7-12-17(16-10-5-2-6-11-16)19-18(21)22-14-15-8-3-1-4-9-15/h1-6,8-11,17,20H,7,12-14H2,(H,19,21). The SMILES string of the molecule is O=C(NC(CCCO)c1ccccc1)OCc1ccccc1. The summed E-state index contributed by atoms with van der Waals surface area (Å²) in [4.78, 5) is 12.0. The van der Waals surface area contributed by atoms with Gasteiger partial charge in [-0.1, -0.05) is 60.7 Å². The molecule has 4 heteroatoms. The van der Waals surface area contributed by atoms with Crippen molar-refractivity contribution in [2.24, 2.45) is 0 Å². The average Bonchev–Trinajstić information content (AvgIpc) is 2.58. The third-order valence-electron chi connectivity index (χ3n) is 3.36. The molecule has 0 heterocycles. The van der Waals surface area contributed by atoms with Crippen LogP contribution in [-0.4, -0.2) is 17.8 Å². The Kier molecular flexibility index (Phi) is 6.45. The fourth-order valence-electron chi connectivity index (χ4n) is 2.21.